The summed E-state index contributed by atoms with van der Waals surface area (Å²) in [5.74, 6) is 0. The Morgan fingerprint density at radius 2 is 2.00 bits per heavy atom. The van der Waals surface area contributed by atoms with E-state index in [4.69, 9.17) is 0 Å². The van der Waals surface area contributed by atoms with Crippen molar-refractivity contribution >= 4 is 11.0 Å². The van der Waals surface area contributed by atoms with Crippen LogP contribution in [0.1, 0.15) is 23.6 Å². The lowest BCUT2D eigenvalue weighted by Crippen LogP contribution is -2.27. The molecule has 1 atom stereocenters. The molecule has 0 fully saturated rings. The summed E-state index contributed by atoms with van der Waals surface area (Å²) < 4.78 is 0. The van der Waals surface area contributed by atoms with Crippen LogP contribution in [0.5, 0.6) is 0 Å². The van der Waals surface area contributed by atoms with Gasteiger partial charge in [-0.2, -0.15) is 0 Å². The summed E-state index contributed by atoms with van der Waals surface area (Å²) in [6, 6.07) is 13.1. The molecule has 0 radical (unpaired) electrons. The first kappa shape index (κ1) is 13.8. The summed E-state index contributed by atoms with van der Waals surface area (Å²) in [7, 11) is 0. The van der Waals surface area contributed by atoms with E-state index in [2.05, 4.69) is 59.5 Å². The Kier molecular flexibility index (Phi) is 4.02. The molecule has 0 saturated heterocycles. The standard InChI is InChI=1S/C18H21N3/c1-13-6-3-4-7-15(13)10-14(2)20-11-16-12-21-18-17(16)8-5-9-19-18/h3-9,12,14,20H,10-11H2,1-2H3,(H,19,21). The fourth-order valence-electron chi connectivity index (χ4n) is 2.68. The third-order valence-corrected chi connectivity index (χ3v) is 3.97. The van der Waals surface area contributed by atoms with Gasteiger partial charge in [-0.05, 0) is 49.1 Å². The highest BCUT2D eigenvalue weighted by atomic mass is 14.9. The molecule has 0 bridgehead atoms. The molecule has 0 aliphatic carbocycles. The zero-order valence-electron chi connectivity index (χ0n) is 12.6. The third-order valence-electron chi connectivity index (χ3n) is 3.97. The van der Waals surface area contributed by atoms with Crippen molar-refractivity contribution in [2.45, 2.75) is 32.9 Å². The normalized spacial score (nSPS) is 12.7. The van der Waals surface area contributed by atoms with Crippen molar-refractivity contribution in [1.29, 1.82) is 0 Å². The van der Waals surface area contributed by atoms with E-state index in [9.17, 15) is 0 Å². The molecular weight excluding hydrogens is 258 g/mol. The van der Waals surface area contributed by atoms with Crippen LogP contribution in [-0.4, -0.2) is 16.0 Å². The second kappa shape index (κ2) is 6.10. The number of hydrogen-bond donors (Lipinski definition) is 2. The molecule has 2 aromatic heterocycles. The highest BCUT2D eigenvalue weighted by Crippen LogP contribution is 2.16. The van der Waals surface area contributed by atoms with Gasteiger partial charge in [-0.3, -0.25) is 0 Å². The number of hydrogen-bond acceptors (Lipinski definition) is 2. The van der Waals surface area contributed by atoms with Gasteiger partial charge in [0.05, 0.1) is 0 Å². The van der Waals surface area contributed by atoms with E-state index in [0.717, 1.165) is 18.6 Å². The van der Waals surface area contributed by atoms with Crippen molar-refractivity contribution in [1.82, 2.24) is 15.3 Å². The molecule has 2 N–H and O–H groups in total. The van der Waals surface area contributed by atoms with Gasteiger partial charge < -0.3 is 10.3 Å². The predicted molar refractivity (Wildman–Crippen MR) is 87.3 cm³/mol. The lowest BCUT2D eigenvalue weighted by atomic mass is 10.0. The number of H-pyrrole nitrogens is 1. The molecular formula is C18H21N3. The molecule has 0 spiro atoms. The molecule has 0 aliphatic heterocycles. The maximum Gasteiger partial charge on any atom is 0.137 e. The SMILES string of the molecule is Cc1ccccc1CC(C)NCc1c[nH]c2ncccc12. The van der Waals surface area contributed by atoms with Gasteiger partial charge in [0.2, 0.25) is 0 Å². The van der Waals surface area contributed by atoms with E-state index in [1.54, 1.807) is 0 Å². The number of nitrogens with zero attached hydrogens (tertiary/aromatic N) is 1. The lowest BCUT2D eigenvalue weighted by Gasteiger charge is -2.15. The van der Waals surface area contributed by atoms with Gasteiger partial charge in [0.25, 0.3) is 0 Å². The Bertz CT molecular complexity index is 730. The minimum Gasteiger partial charge on any atom is -0.346 e. The molecule has 1 aromatic carbocycles. The molecule has 21 heavy (non-hydrogen) atoms. The van der Waals surface area contributed by atoms with Crippen molar-refractivity contribution in [3.63, 3.8) is 0 Å². The van der Waals surface area contributed by atoms with Crippen LogP contribution in [-0.2, 0) is 13.0 Å². The minimum absolute atomic E-state index is 0.438. The number of rotatable bonds is 5. The highest BCUT2D eigenvalue weighted by molar-refractivity contribution is 5.79. The second-order valence-electron chi connectivity index (χ2n) is 5.63. The summed E-state index contributed by atoms with van der Waals surface area (Å²) in [6.07, 6.45) is 4.91. The number of nitrogens with one attached hydrogen (secondary N) is 2. The lowest BCUT2D eigenvalue weighted by molar-refractivity contribution is 0.546. The molecule has 108 valence electrons. The number of aromatic amines is 1. The van der Waals surface area contributed by atoms with Crippen LogP contribution in [0.15, 0.2) is 48.8 Å². The topological polar surface area (TPSA) is 40.7 Å². The van der Waals surface area contributed by atoms with Gasteiger partial charge in [0, 0.05) is 30.4 Å². The van der Waals surface area contributed by atoms with Crippen molar-refractivity contribution in [2.24, 2.45) is 0 Å². The van der Waals surface area contributed by atoms with Crippen LogP contribution in [0.4, 0.5) is 0 Å². The van der Waals surface area contributed by atoms with Crippen LogP contribution in [0.25, 0.3) is 11.0 Å². The summed E-state index contributed by atoms with van der Waals surface area (Å²) in [5.41, 5.74) is 5.01. The Morgan fingerprint density at radius 3 is 2.86 bits per heavy atom. The van der Waals surface area contributed by atoms with Crippen molar-refractivity contribution in [3.05, 3.63) is 65.5 Å². The van der Waals surface area contributed by atoms with Crippen LogP contribution in [0, 0.1) is 6.92 Å². The van der Waals surface area contributed by atoms with Crippen LogP contribution in [0.2, 0.25) is 0 Å². The number of aryl methyl sites for hydroxylation is 1. The molecule has 0 saturated carbocycles. The number of benzene rings is 1. The Hall–Kier alpha value is -2.13. The third kappa shape index (κ3) is 3.14. The second-order valence-corrected chi connectivity index (χ2v) is 5.63. The van der Waals surface area contributed by atoms with Gasteiger partial charge in [-0.15, -0.1) is 0 Å². The minimum atomic E-state index is 0.438. The van der Waals surface area contributed by atoms with Crippen molar-refractivity contribution < 1.29 is 0 Å². The zero-order valence-corrected chi connectivity index (χ0v) is 12.6. The summed E-state index contributed by atoms with van der Waals surface area (Å²) in [6.45, 7) is 5.27. The van der Waals surface area contributed by atoms with Crippen molar-refractivity contribution in [3.8, 4) is 0 Å². The first-order chi connectivity index (χ1) is 10.2. The van der Waals surface area contributed by atoms with E-state index in [1.165, 1.54) is 22.1 Å². The van der Waals surface area contributed by atoms with Crippen LogP contribution < -0.4 is 5.32 Å². The Morgan fingerprint density at radius 1 is 1.14 bits per heavy atom. The van der Waals surface area contributed by atoms with E-state index in [1.807, 2.05) is 18.5 Å². The number of pyridine rings is 1. The van der Waals surface area contributed by atoms with E-state index in [-0.39, 0.29) is 0 Å². The van der Waals surface area contributed by atoms with Gasteiger partial charge in [0.1, 0.15) is 5.65 Å². The summed E-state index contributed by atoms with van der Waals surface area (Å²) in [4.78, 5) is 7.54. The van der Waals surface area contributed by atoms with Crippen molar-refractivity contribution in [2.75, 3.05) is 0 Å². The summed E-state index contributed by atoms with van der Waals surface area (Å²) in [5, 5.41) is 4.81. The molecule has 1 unspecified atom stereocenters. The highest BCUT2D eigenvalue weighted by Gasteiger charge is 2.08. The number of fused-ring (bicyclic) bond motifs is 1. The quantitative estimate of drug-likeness (QED) is 0.749. The maximum absolute atomic E-state index is 4.32. The molecule has 3 heteroatoms. The zero-order chi connectivity index (χ0) is 14.7. The maximum atomic E-state index is 4.32. The first-order valence-corrected chi connectivity index (χ1v) is 7.43. The molecule has 3 rings (SSSR count). The van der Waals surface area contributed by atoms with Crippen LogP contribution in [0.3, 0.4) is 0 Å². The fraction of sp³-hybridized carbons (Fsp3) is 0.278. The Balaban J connectivity index is 1.63. The largest absolute Gasteiger partial charge is 0.346 e. The fourth-order valence-corrected chi connectivity index (χ4v) is 2.68. The Labute approximate surface area is 125 Å². The molecule has 0 amide bonds. The smallest absolute Gasteiger partial charge is 0.137 e. The van der Waals surface area contributed by atoms with Gasteiger partial charge in [-0.1, -0.05) is 24.3 Å². The van der Waals surface area contributed by atoms with Crippen LogP contribution >= 0.6 is 0 Å². The van der Waals surface area contributed by atoms with Gasteiger partial charge >= 0.3 is 0 Å². The van der Waals surface area contributed by atoms with E-state index in [0.29, 0.717) is 6.04 Å². The molecule has 0 aliphatic rings. The monoisotopic (exact) mass is 279 g/mol. The number of aromatic nitrogens is 2. The van der Waals surface area contributed by atoms with E-state index < -0.39 is 0 Å². The first-order valence-electron chi connectivity index (χ1n) is 7.43. The molecule has 3 aromatic rings. The average molecular weight is 279 g/mol. The van der Waals surface area contributed by atoms with Gasteiger partial charge in [0.15, 0.2) is 0 Å². The van der Waals surface area contributed by atoms with E-state index >= 15 is 0 Å². The predicted octanol–water partition coefficient (Wildman–Crippen LogP) is 3.59. The molecule has 3 nitrogen and oxygen atoms in total. The van der Waals surface area contributed by atoms with Gasteiger partial charge in [-0.25, -0.2) is 4.98 Å². The molecule has 2 heterocycles. The average Bonchev–Trinajstić information content (AvgIpc) is 2.91. The summed E-state index contributed by atoms with van der Waals surface area (Å²) >= 11 is 0.